The highest BCUT2D eigenvalue weighted by Gasteiger charge is 2.32. The highest BCUT2D eigenvalue weighted by molar-refractivity contribution is 5.95. The maximum atomic E-state index is 14.1. The second-order valence-electron chi connectivity index (χ2n) is 5.60. The summed E-state index contributed by atoms with van der Waals surface area (Å²) in [5.74, 6) is 4.14. The molecule has 2 saturated heterocycles. The molecule has 0 bridgehead atoms. The van der Waals surface area contributed by atoms with E-state index in [1.165, 1.54) is 25.1 Å². The minimum absolute atomic E-state index is 0.0298. The van der Waals surface area contributed by atoms with E-state index in [1.54, 1.807) is 4.90 Å². The Morgan fingerprint density at radius 3 is 3.05 bits per heavy atom. The predicted octanol–water partition coefficient (Wildman–Crippen LogP) is 0.817. The number of anilines is 1. The van der Waals surface area contributed by atoms with E-state index < -0.39 is 5.82 Å². The molecule has 1 atom stereocenters. The van der Waals surface area contributed by atoms with E-state index in [4.69, 9.17) is 5.84 Å². The van der Waals surface area contributed by atoms with Crippen molar-refractivity contribution in [3.05, 3.63) is 23.6 Å². The van der Waals surface area contributed by atoms with Crippen molar-refractivity contribution >= 4 is 11.7 Å². The third kappa shape index (κ3) is 2.71. The summed E-state index contributed by atoms with van der Waals surface area (Å²) in [5, 5.41) is 0. The number of pyridine rings is 1. The number of fused-ring (bicyclic) bond motifs is 1. The maximum absolute atomic E-state index is 14.1. The monoisotopic (exact) mass is 293 g/mol. The normalized spacial score (nSPS) is 22.8. The van der Waals surface area contributed by atoms with Gasteiger partial charge in [0.05, 0.1) is 5.56 Å². The molecule has 7 heteroatoms. The number of nitrogen functional groups attached to an aromatic ring is 1. The van der Waals surface area contributed by atoms with Crippen molar-refractivity contribution in [2.75, 3.05) is 31.6 Å². The Kier molecular flexibility index (Phi) is 4.03. The molecule has 0 aliphatic carbocycles. The standard InChI is InChI=1S/C14H20FN5O/c15-12-11(4-5-17-13(12)18-16)14(21)20-8-7-19-6-2-1-3-10(19)9-20/h4-5,10H,1-3,6-9,16H2,(H,17,18). The van der Waals surface area contributed by atoms with E-state index in [-0.39, 0.29) is 17.3 Å². The van der Waals surface area contributed by atoms with Crippen LogP contribution in [0.5, 0.6) is 0 Å². The van der Waals surface area contributed by atoms with Gasteiger partial charge in [0.2, 0.25) is 0 Å². The number of nitrogens with one attached hydrogen (secondary N) is 1. The largest absolute Gasteiger partial charge is 0.336 e. The maximum Gasteiger partial charge on any atom is 0.257 e. The molecule has 0 radical (unpaired) electrons. The molecule has 6 nitrogen and oxygen atoms in total. The number of amides is 1. The van der Waals surface area contributed by atoms with Gasteiger partial charge in [-0.05, 0) is 25.5 Å². The molecule has 2 aliphatic rings. The fourth-order valence-electron chi connectivity index (χ4n) is 3.22. The predicted molar refractivity (Wildman–Crippen MR) is 77.1 cm³/mol. The molecule has 2 fully saturated rings. The van der Waals surface area contributed by atoms with Crippen LogP contribution in [-0.4, -0.2) is 52.9 Å². The van der Waals surface area contributed by atoms with Gasteiger partial charge in [-0.15, -0.1) is 0 Å². The minimum atomic E-state index is -0.684. The van der Waals surface area contributed by atoms with Gasteiger partial charge in [-0.25, -0.2) is 15.2 Å². The fraction of sp³-hybridized carbons (Fsp3) is 0.571. The number of hydrogen-bond donors (Lipinski definition) is 2. The van der Waals surface area contributed by atoms with Gasteiger partial charge in [-0.1, -0.05) is 6.42 Å². The lowest BCUT2D eigenvalue weighted by Crippen LogP contribution is -2.56. The summed E-state index contributed by atoms with van der Waals surface area (Å²) in [6, 6.07) is 1.82. The van der Waals surface area contributed by atoms with Crippen LogP contribution in [0.3, 0.4) is 0 Å². The molecule has 1 amide bonds. The first-order chi connectivity index (χ1) is 10.2. The molecule has 2 aliphatic heterocycles. The summed E-state index contributed by atoms with van der Waals surface area (Å²) in [5.41, 5.74) is 2.20. The molecule has 3 heterocycles. The van der Waals surface area contributed by atoms with Gasteiger partial charge < -0.3 is 10.3 Å². The lowest BCUT2D eigenvalue weighted by Gasteiger charge is -2.44. The third-order valence-corrected chi connectivity index (χ3v) is 4.38. The van der Waals surface area contributed by atoms with Crippen molar-refractivity contribution in [1.82, 2.24) is 14.8 Å². The second kappa shape index (κ2) is 5.95. The number of hydrazine groups is 1. The molecule has 0 saturated carbocycles. The van der Waals surface area contributed by atoms with Crippen LogP contribution in [0, 0.1) is 5.82 Å². The van der Waals surface area contributed by atoms with Crippen molar-refractivity contribution in [3.8, 4) is 0 Å². The first-order valence-corrected chi connectivity index (χ1v) is 7.35. The van der Waals surface area contributed by atoms with Gasteiger partial charge in [-0.2, -0.15) is 0 Å². The average Bonchev–Trinajstić information content (AvgIpc) is 2.54. The highest BCUT2D eigenvalue weighted by Crippen LogP contribution is 2.23. The zero-order chi connectivity index (χ0) is 14.8. The number of piperazine rings is 1. The summed E-state index contributed by atoms with van der Waals surface area (Å²) >= 11 is 0. The van der Waals surface area contributed by atoms with Crippen LogP contribution in [-0.2, 0) is 0 Å². The molecule has 1 aromatic rings. The Morgan fingerprint density at radius 2 is 2.24 bits per heavy atom. The smallest absolute Gasteiger partial charge is 0.257 e. The van der Waals surface area contributed by atoms with Gasteiger partial charge in [0.25, 0.3) is 5.91 Å². The molecule has 21 heavy (non-hydrogen) atoms. The Bertz CT molecular complexity index is 538. The number of halogens is 1. The van der Waals surface area contributed by atoms with Crippen LogP contribution in [0.15, 0.2) is 12.3 Å². The lowest BCUT2D eigenvalue weighted by atomic mass is 9.99. The number of carbonyl (C=O) groups excluding carboxylic acids is 1. The van der Waals surface area contributed by atoms with Crippen molar-refractivity contribution < 1.29 is 9.18 Å². The van der Waals surface area contributed by atoms with Crippen LogP contribution in [0.2, 0.25) is 0 Å². The summed E-state index contributed by atoms with van der Waals surface area (Å²) in [4.78, 5) is 20.5. The number of nitrogens with two attached hydrogens (primary N) is 1. The number of rotatable bonds is 2. The van der Waals surface area contributed by atoms with Gasteiger partial charge in [0.15, 0.2) is 11.6 Å². The SMILES string of the molecule is NNc1nccc(C(=O)N2CCN3CCCCC3C2)c1F. The molecule has 0 spiro atoms. The molecular weight excluding hydrogens is 273 g/mol. The van der Waals surface area contributed by atoms with E-state index in [1.807, 2.05) is 0 Å². The highest BCUT2D eigenvalue weighted by atomic mass is 19.1. The van der Waals surface area contributed by atoms with E-state index >= 15 is 0 Å². The van der Waals surface area contributed by atoms with Crippen LogP contribution < -0.4 is 11.3 Å². The molecule has 3 rings (SSSR count). The average molecular weight is 293 g/mol. The fourth-order valence-corrected chi connectivity index (χ4v) is 3.22. The number of nitrogens with zero attached hydrogens (tertiary/aromatic N) is 3. The topological polar surface area (TPSA) is 74.5 Å². The van der Waals surface area contributed by atoms with Gasteiger partial charge in [0, 0.05) is 31.9 Å². The van der Waals surface area contributed by atoms with Gasteiger partial charge in [0.1, 0.15) is 0 Å². The first kappa shape index (κ1) is 14.2. The van der Waals surface area contributed by atoms with Crippen molar-refractivity contribution in [1.29, 1.82) is 0 Å². The molecular formula is C14H20FN5O. The van der Waals surface area contributed by atoms with E-state index in [0.29, 0.717) is 19.1 Å². The zero-order valence-corrected chi connectivity index (χ0v) is 11.9. The number of carbonyl (C=O) groups is 1. The van der Waals surface area contributed by atoms with Crippen molar-refractivity contribution in [3.63, 3.8) is 0 Å². The second-order valence-corrected chi connectivity index (χ2v) is 5.60. The quantitative estimate of drug-likeness (QED) is 0.624. The first-order valence-electron chi connectivity index (χ1n) is 7.35. The summed E-state index contributed by atoms with van der Waals surface area (Å²) in [7, 11) is 0. The Balaban J connectivity index is 1.76. The number of piperidine rings is 1. The summed E-state index contributed by atoms with van der Waals surface area (Å²) in [6.07, 6.45) is 4.93. The number of aromatic nitrogens is 1. The van der Waals surface area contributed by atoms with E-state index in [9.17, 15) is 9.18 Å². The third-order valence-electron chi connectivity index (χ3n) is 4.38. The molecule has 114 valence electrons. The van der Waals surface area contributed by atoms with Gasteiger partial charge in [-0.3, -0.25) is 9.69 Å². The van der Waals surface area contributed by atoms with E-state index in [0.717, 1.165) is 19.5 Å². The summed E-state index contributed by atoms with van der Waals surface area (Å²) in [6.45, 7) is 3.29. The minimum Gasteiger partial charge on any atom is -0.336 e. The lowest BCUT2D eigenvalue weighted by molar-refractivity contribution is 0.0369. The Labute approximate surface area is 123 Å². The van der Waals surface area contributed by atoms with Crippen molar-refractivity contribution in [2.45, 2.75) is 25.3 Å². The Hall–Kier alpha value is -1.73. The van der Waals surface area contributed by atoms with Crippen LogP contribution in [0.4, 0.5) is 10.2 Å². The molecule has 1 unspecified atom stereocenters. The van der Waals surface area contributed by atoms with Crippen molar-refractivity contribution in [2.24, 2.45) is 5.84 Å². The van der Waals surface area contributed by atoms with Crippen LogP contribution >= 0.6 is 0 Å². The van der Waals surface area contributed by atoms with Crippen LogP contribution in [0.1, 0.15) is 29.6 Å². The summed E-state index contributed by atoms with van der Waals surface area (Å²) < 4.78 is 14.1. The molecule has 1 aromatic heterocycles. The van der Waals surface area contributed by atoms with Gasteiger partial charge >= 0.3 is 0 Å². The molecule has 3 N–H and O–H groups in total. The number of hydrogen-bond acceptors (Lipinski definition) is 5. The zero-order valence-electron chi connectivity index (χ0n) is 11.9. The molecule has 0 aromatic carbocycles. The van der Waals surface area contributed by atoms with Crippen LogP contribution in [0.25, 0.3) is 0 Å². The van der Waals surface area contributed by atoms with E-state index in [2.05, 4.69) is 15.3 Å². The Morgan fingerprint density at radius 1 is 1.38 bits per heavy atom.